The smallest absolute Gasteiger partial charge is 0.433 e. The van der Waals surface area contributed by atoms with Crippen molar-refractivity contribution in [3.8, 4) is 11.3 Å². The molecule has 0 fully saturated rings. The second-order valence-corrected chi connectivity index (χ2v) is 6.03. The van der Waals surface area contributed by atoms with Crippen molar-refractivity contribution >= 4 is 34.8 Å². The summed E-state index contributed by atoms with van der Waals surface area (Å²) in [5.74, 6) is -2.33. The topological polar surface area (TPSA) is 89.4 Å². The van der Waals surface area contributed by atoms with E-state index in [1.165, 1.54) is 6.92 Å². The van der Waals surface area contributed by atoms with Gasteiger partial charge in [0.25, 0.3) is 5.56 Å². The van der Waals surface area contributed by atoms with Gasteiger partial charge in [0, 0.05) is 11.6 Å². The van der Waals surface area contributed by atoms with Crippen LogP contribution in [0, 0.1) is 5.82 Å². The number of alkyl halides is 3. The Morgan fingerprint density at radius 2 is 1.93 bits per heavy atom. The van der Waals surface area contributed by atoms with Gasteiger partial charge in [0.05, 0.1) is 12.3 Å². The highest BCUT2D eigenvalue weighted by Crippen LogP contribution is 2.34. The number of H-pyrrole nitrogens is 1. The average molecular weight is 439 g/mol. The van der Waals surface area contributed by atoms with Crippen LogP contribution in [0.3, 0.4) is 0 Å². The van der Waals surface area contributed by atoms with Crippen molar-refractivity contribution in [3.05, 3.63) is 49.9 Å². The van der Waals surface area contributed by atoms with Crippen molar-refractivity contribution in [1.82, 2.24) is 19.6 Å². The number of pyridine rings is 1. The molecule has 148 valence electrons. The minimum atomic E-state index is -5.01. The Balaban J connectivity index is 2.36. The Morgan fingerprint density at radius 3 is 2.54 bits per heavy atom. The Morgan fingerprint density at radius 1 is 1.25 bits per heavy atom. The zero-order valence-corrected chi connectivity index (χ0v) is 15.2. The van der Waals surface area contributed by atoms with E-state index in [0.29, 0.717) is 4.52 Å². The Kier molecular flexibility index (Phi) is 5.06. The fourth-order valence-electron chi connectivity index (χ4n) is 2.40. The van der Waals surface area contributed by atoms with Gasteiger partial charge in [-0.25, -0.2) is 23.7 Å². The molecule has 0 aliphatic rings. The molecule has 0 aliphatic heterocycles. The van der Waals surface area contributed by atoms with Crippen LogP contribution in [-0.2, 0) is 10.9 Å². The number of fused-ring (bicyclic) bond motifs is 1. The van der Waals surface area contributed by atoms with Crippen molar-refractivity contribution in [2.75, 3.05) is 6.61 Å². The molecule has 3 rings (SSSR count). The normalized spacial score (nSPS) is 11.8. The SMILES string of the molecule is CCOC(=O)c1c(C(F)(F)F)[nH]n2c(=O)cc(-c3cc(F)c(Cl)nc3Cl)nc12. The monoisotopic (exact) mass is 438 g/mol. The highest BCUT2D eigenvalue weighted by molar-refractivity contribution is 6.34. The van der Waals surface area contributed by atoms with Gasteiger partial charge >= 0.3 is 12.1 Å². The molecule has 0 unspecified atom stereocenters. The fourth-order valence-corrected chi connectivity index (χ4v) is 2.82. The van der Waals surface area contributed by atoms with E-state index >= 15 is 0 Å². The average Bonchev–Trinajstić information content (AvgIpc) is 2.99. The van der Waals surface area contributed by atoms with Crippen LogP contribution in [0.2, 0.25) is 10.3 Å². The molecule has 3 aromatic heterocycles. The number of aromatic amines is 1. The van der Waals surface area contributed by atoms with Crippen molar-refractivity contribution < 1.29 is 27.1 Å². The van der Waals surface area contributed by atoms with Crippen LogP contribution in [0.5, 0.6) is 0 Å². The minimum Gasteiger partial charge on any atom is -0.462 e. The van der Waals surface area contributed by atoms with Gasteiger partial charge in [0.2, 0.25) is 0 Å². The first kappa shape index (κ1) is 20.1. The van der Waals surface area contributed by atoms with E-state index < -0.39 is 45.6 Å². The molecule has 0 spiro atoms. The first-order valence-corrected chi connectivity index (χ1v) is 8.22. The molecule has 1 N–H and O–H groups in total. The maximum atomic E-state index is 13.7. The maximum absolute atomic E-state index is 13.7. The van der Waals surface area contributed by atoms with E-state index in [4.69, 9.17) is 23.2 Å². The van der Waals surface area contributed by atoms with Crippen LogP contribution in [0.4, 0.5) is 17.6 Å². The number of ether oxygens (including phenoxy) is 1. The number of nitrogens with one attached hydrogen (secondary N) is 1. The molecule has 0 saturated carbocycles. The first-order valence-electron chi connectivity index (χ1n) is 7.46. The molecule has 0 saturated heterocycles. The summed E-state index contributed by atoms with van der Waals surface area (Å²) in [5, 5.41) is 0.915. The number of halogens is 6. The molecule has 7 nitrogen and oxygen atoms in total. The lowest BCUT2D eigenvalue weighted by molar-refractivity contribution is -0.141. The van der Waals surface area contributed by atoms with Crippen molar-refractivity contribution in [3.63, 3.8) is 0 Å². The summed E-state index contributed by atoms with van der Waals surface area (Å²) in [7, 11) is 0. The zero-order valence-electron chi connectivity index (χ0n) is 13.7. The molecule has 0 amide bonds. The fraction of sp³-hybridized carbons (Fsp3) is 0.200. The molecule has 13 heteroatoms. The van der Waals surface area contributed by atoms with Crippen LogP contribution < -0.4 is 5.56 Å². The molecule has 0 aromatic carbocycles. The number of carbonyl (C=O) groups is 1. The molecule has 0 aliphatic carbocycles. The number of carbonyl (C=O) groups excluding carboxylic acids is 1. The quantitative estimate of drug-likeness (QED) is 0.382. The second-order valence-electron chi connectivity index (χ2n) is 5.32. The summed E-state index contributed by atoms with van der Waals surface area (Å²) in [5.41, 5.74) is -4.69. The lowest BCUT2D eigenvalue weighted by Crippen LogP contribution is -2.15. The highest BCUT2D eigenvalue weighted by Gasteiger charge is 2.40. The van der Waals surface area contributed by atoms with Gasteiger partial charge in [-0.05, 0) is 13.0 Å². The Bertz CT molecular complexity index is 1160. The predicted octanol–water partition coefficient (Wildman–Crippen LogP) is 3.73. The lowest BCUT2D eigenvalue weighted by Gasteiger charge is -2.07. The molecule has 0 bridgehead atoms. The summed E-state index contributed by atoms with van der Waals surface area (Å²) in [6.45, 7) is 1.18. The van der Waals surface area contributed by atoms with Crippen LogP contribution in [0.1, 0.15) is 23.0 Å². The number of nitrogens with zero attached hydrogens (tertiary/aromatic N) is 3. The largest absolute Gasteiger partial charge is 0.462 e. The molecule has 3 heterocycles. The Labute approximate surface area is 162 Å². The van der Waals surface area contributed by atoms with E-state index in [9.17, 15) is 27.2 Å². The van der Waals surface area contributed by atoms with Crippen molar-refractivity contribution in [2.24, 2.45) is 0 Å². The number of aromatic nitrogens is 4. The van der Waals surface area contributed by atoms with Gasteiger partial charge in [-0.1, -0.05) is 23.2 Å². The van der Waals surface area contributed by atoms with Crippen LogP contribution in [0.15, 0.2) is 16.9 Å². The second kappa shape index (κ2) is 7.06. The van der Waals surface area contributed by atoms with Gasteiger partial charge in [-0.3, -0.25) is 9.89 Å². The van der Waals surface area contributed by atoms with E-state index in [2.05, 4.69) is 14.7 Å². The van der Waals surface area contributed by atoms with Gasteiger partial charge in [0.1, 0.15) is 10.7 Å². The van der Waals surface area contributed by atoms with Crippen LogP contribution in [-0.4, -0.2) is 32.2 Å². The molecule has 0 atom stereocenters. The first-order chi connectivity index (χ1) is 13.0. The third-order valence-electron chi connectivity index (χ3n) is 3.54. The summed E-state index contributed by atoms with van der Waals surface area (Å²) in [6.07, 6.45) is -5.01. The highest BCUT2D eigenvalue weighted by atomic mass is 35.5. The molecule has 3 aromatic rings. The number of hydrogen-bond donors (Lipinski definition) is 1. The van der Waals surface area contributed by atoms with E-state index in [1.807, 2.05) is 0 Å². The third-order valence-corrected chi connectivity index (χ3v) is 4.09. The molecule has 0 radical (unpaired) electrons. The van der Waals surface area contributed by atoms with Crippen molar-refractivity contribution in [1.29, 1.82) is 0 Å². The number of esters is 1. The lowest BCUT2D eigenvalue weighted by atomic mass is 10.2. The number of hydrogen-bond acceptors (Lipinski definition) is 5. The summed E-state index contributed by atoms with van der Waals surface area (Å²) in [6, 6.07) is 1.62. The van der Waals surface area contributed by atoms with Crippen LogP contribution >= 0.6 is 23.2 Å². The standard InChI is InChI=1S/C15H8Cl2F4N4O3/c1-2-28-14(27)9-10(15(19,20)21)24-25-8(26)4-7(22-13(9)25)5-3-6(18)12(17)23-11(5)16/h3-4,24H,2H2,1H3. The van der Waals surface area contributed by atoms with E-state index in [1.54, 1.807) is 5.10 Å². The zero-order chi connectivity index (χ0) is 20.8. The van der Waals surface area contributed by atoms with Gasteiger partial charge in [-0.15, -0.1) is 0 Å². The molecular weight excluding hydrogens is 431 g/mol. The maximum Gasteiger partial charge on any atom is 0.433 e. The van der Waals surface area contributed by atoms with Crippen LogP contribution in [0.25, 0.3) is 16.9 Å². The van der Waals surface area contributed by atoms with Gasteiger partial charge in [0.15, 0.2) is 22.3 Å². The predicted molar refractivity (Wildman–Crippen MR) is 90.0 cm³/mol. The summed E-state index contributed by atoms with van der Waals surface area (Å²) >= 11 is 11.4. The molecular formula is C15H8Cl2F4N4O3. The number of rotatable bonds is 3. The Hall–Kier alpha value is -2.66. The van der Waals surface area contributed by atoms with Gasteiger partial charge in [-0.2, -0.15) is 13.2 Å². The van der Waals surface area contributed by atoms with E-state index in [0.717, 1.165) is 12.1 Å². The van der Waals surface area contributed by atoms with Crippen molar-refractivity contribution in [2.45, 2.75) is 13.1 Å². The minimum absolute atomic E-state index is 0.201. The van der Waals surface area contributed by atoms with E-state index in [-0.39, 0.29) is 23.0 Å². The summed E-state index contributed by atoms with van der Waals surface area (Å²) in [4.78, 5) is 31.8. The third kappa shape index (κ3) is 3.42. The molecule has 28 heavy (non-hydrogen) atoms. The summed E-state index contributed by atoms with van der Waals surface area (Å²) < 4.78 is 58.8. The van der Waals surface area contributed by atoms with Gasteiger partial charge < -0.3 is 4.74 Å².